The van der Waals surface area contributed by atoms with E-state index in [0.29, 0.717) is 0 Å². The van der Waals surface area contributed by atoms with Crippen LogP contribution in [0.3, 0.4) is 0 Å². The Morgan fingerprint density at radius 3 is 1.09 bits per heavy atom. The Kier molecular flexibility index (Phi) is 4.88. The molecule has 0 rings (SSSR count). The first-order valence-electron chi connectivity index (χ1n) is 2.11. The first-order chi connectivity index (χ1) is 4.21. The molecule has 0 aromatic rings. The predicted octanol–water partition coefficient (Wildman–Crippen LogP) is -0.602. The molecule has 0 unspecified atom stereocenters. The van der Waals surface area contributed by atoms with Gasteiger partial charge in [-0.15, -0.1) is 0 Å². The van der Waals surface area contributed by atoms with Gasteiger partial charge in [-0.3, -0.25) is 9.11 Å². The van der Waals surface area contributed by atoms with E-state index in [0.717, 1.165) is 0 Å². The van der Waals surface area contributed by atoms with Crippen LogP contribution in [0.25, 0.3) is 0 Å². The second kappa shape index (κ2) is 4.00. The first-order valence-corrected chi connectivity index (χ1v) is 5.33. The Morgan fingerprint density at radius 1 is 0.818 bits per heavy atom. The fourth-order valence-electron chi connectivity index (χ4n) is 0.211. The van der Waals surface area contributed by atoms with Crippen LogP contribution in [0.15, 0.2) is 0 Å². The standard InChI is InChI=1S/C2H6O6S2.CH4/c3-9(4,5)1-2-10(6,7)8;/h1-2H2,(H,3,4,5)(H,6,7,8);1H4. The summed E-state index contributed by atoms with van der Waals surface area (Å²) >= 11 is 0. The van der Waals surface area contributed by atoms with Crippen molar-refractivity contribution < 1.29 is 25.9 Å². The largest absolute Gasteiger partial charge is 0.286 e. The predicted molar refractivity (Wildman–Crippen MR) is 39.6 cm³/mol. The van der Waals surface area contributed by atoms with Gasteiger partial charge in [-0.25, -0.2) is 0 Å². The molecule has 6 nitrogen and oxygen atoms in total. The minimum absolute atomic E-state index is 0. The third kappa shape index (κ3) is 12.9. The van der Waals surface area contributed by atoms with Crippen molar-refractivity contribution in [2.45, 2.75) is 7.43 Å². The molecular formula is C3H10O6S2. The zero-order valence-corrected chi connectivity index (χ0v) is 6.39. The quantitative estimate of drug-likeness (QED) is 0.597. The average molecular weight is 206 g/mol. The lowest BCUT2D eigenvalue weighted by Crippen LogP contribution is -2.15. The van der Waals surface area contributed by atoms with E-state index < -0.39 is 31.7 Å². The smallest absolute Gasteiger partial charge is 0.265 e. The van der Waals surface area contributed by atoms with E-state index in [2.05, 4.69) is 0 Å². The fourth-order valence-corrected chi connectivity index (χ4v) is 1.90. The van der Waals surface area contributed by atoms with Crippen LogP contribution in [0.1, 0.15) is 7.43 Å². The molecule has 0 spiro atoms. The summed E-state index contributed by atoms with van der Waals surface area (Å²) in [5.41, 5.74) is 0. The lowest BCUT2D eigenvalue weighted by Gasteiger charge is -1.92. The molecule has 0 aliphatic rings. The van der Waals surface area contributed by atoms with Gasteiger partial charge in [-0.2, -0.15) is 16.8 Å². The number of hydrogen-bond acceptors (Lipinski definition) is 4. The van der Waals surface area contributed by atoms with Crippen LogP contribution < -0.4 is 0 Å². The molecule has 0 radical (unpaired) electrons. The van der Waals surface area contributed by atoms with Crippen LogP contribution in [-0.4, -0.2) is 37.4 Å². The molecule has 0 heterocycles. The van der Waals surface area contributed by atoms with Crippen LogP contribution in [0, 0.1) is 0 Å². The van der Waals surface area contributed by atoms with Crippen molar-refractivity contribution in [1.29, 1.82) is 0 Å². The highest BCUT2D eigenvalue weighted by atomic mass is 32.2. The zero-order valence-electron chi connectivity index (χ0n) is 4.76. The maximum atomic E-state index is 9.86. The van der Waals surface area contributed by atoms with Crippen LogP contribution in [-0.2, 0) is 20.2 Å². The van der Waals surface area contributed by atoms with Gasteiger partial charge in [0.25, 0.3) is 20.2 Å². The van der Waals surface area contributed by atoms with Gasteiger partial charge in [0, 0.05) is 0 Å². The van der Waals surface area contributed by atoms with Gasteiger partial charge in [-0.1, -0.05) is 7.43 Å². The van der Waals surface area contributed by atoms with Crippen molar-refractivity contribution in [3.8, 4) is 0 Å². The van der Waals surface area contributed by atoms with Crippen molar-refractivity contribution in [1.82, 2.24) is 0 Å². The summed E-state index contributed by atoms with van der Waals surface area (Å²) < 4.78 is 55.4. The van der Waals surface area contributed by atoms with Crippen LogP contribution in [0.2, 0.25) is 0 Å². The summed E-state index contributed by atoms with van der Waals surface area (Å²) in [6, 6.07) is 0. The van der Waals surface area contributed by atoms with E-state index in [9.17, 15) is 16.8 Å². The monoisotopic (exact) mass is 206 g/mol. The van der Waals surface area contributed by atoms with Crippen molar-refractivity contribution >= 4 is 20.2 Å². The minimum atomic E-state index is -4.30. The molecule has 0 aliphatic carbocycles. The Hall–Kier alpha value is -0.180. The highest BCUT2D eigenvalue weighted by Gasteiger charge is 2.11. The molecule has 11 heavy (non-hydrogen) atoms. The third-order valence-electron chi connectivity index (χ3n) is 0.599. The van der Waals surface area contributed by atoms with Gasteiger partial charge < -0.3 is 0 Å². The first kappa shape index (κ1) is 13.4. The van der Waals surface area contributed by atoms with Crippen molar-refractivity contribution in [2.24, 2.45) is 0 Å². The molecule has 0 atom stereocenters. The summed E-state index contributed by atoms with van der Waals surface area (Å²) in [6.45, 7) is 0. The molecule has 70 valence electrons. The SMILES string of the molecule is C.O=S(=O)(O)CCS(=O)(=O)O. The molecule has 8 heteroatoms. The Labute approximate surface area is 65.7 Å². The lowest BCUT2D eigenvalue weighted by atomic mass is 11.0. The topological polar surface area (TPSA) is 109 Å². The second-order valence-corrected chi connectivity index (χ2v) is 4.72. The summed E-state index contributed by atoms with van der Waals surface area (Å²) in [4.78, 5) is 0. The van der Waals surface area contributed by atoms with Crippen LogP contribution in [0.4, 0.5) is 0 Å². The second-order valence-electron chi connectivity index (χ2n) is 1.57. The van der Waals surface area contributed by atoms with Gasteiger partial charge in [0.2, 0.25) is 0 Å². The van der Waals surface area contributed by atoms with E-state index in [1.54, 1.807) is 0 Å². The van der Waals surface area contributed by atoms with Gasteiger partial charge in [0.15, 0.2) is 0 Å². The summed E-state index contributed by atoms with van der Waals surface area (Å²) in [7, 11) is -8.59. The summed E-state index contributed by atoms with van der Waals surface area (Å²) in [5.74, 6) is -1.96. The van der Waals surface area contributed by atoms with Crippen molar-refractivity contribution in [3.05, 3.63) is 0 Å². The van der Waals surface area contributed by atoms with Crippen LogP contribution in [0.5, 0.6) is 0 Å². The van der Waals surface area contributed by atoms with E-state index >= 15 is 0 Å². The molecule has 0 saturated carbocycles. The van der Waals surface area contributed by atoms with Gasteiger partial charge in [-0.05, 0) is 0 Å². The van der Waals surface area contributed by atoms with E-state index in [1.165, 1.54) is 0 Å². The highest BCUT2D eigenvalue weighted by Crippen LogP contribution is 1.86. The molecule has 0 aromatic carbocycles. The van der Waals surface area contributed by atoms with Gasteiger partial charge >= 0.3 is 0 Å². The van der Waals surface area contributed by atoms with E-state index in [1.807, 2.05) is 0 Å². The minimum Gasteiger partial charge on any atom is -0.286 e. The number of rotatable bonds is 3. The maximum absolute atomic E-state index is 9.86. The zero-order chi connectivity index (χ0) is 8.41. The van der Waals surface area contributed by atoms with Crippen molar-refractivity contribution in [3.63, 3.8) is 0 Å². The van der Waals surface area contributed by atoms with Gasteiger partial charge in [0.1, 0.15) is 0 Å². The summed E-state index contributed by atoms with van der Waals surface area (Å²) in [5, 5.41) is 0. The van der Waals surface area contributed by atoms with Gasteiger partial charge in [0.05, 0.1) is 11.5 Å². The highest BCUT2D eigenvalue weighted by molar-refractivity contribution is 7.89. The number of hydrogen-bond donors (Lipinski definition) is 2. The van der Waals surface area contributed by atoms with Crippen molar-refractivity contribution in [2.75, 3.05) is 11.5 Å². The van der Waals surface area contributed by atoms with E-state index in [-0.39, 0.29) is 7.43 Å². The molecule has 0 amide bonds. The molecule has 0 bridgehead atoms. The van der Waals surface area contributed by atoms with E-state index in [4.69, 9.17) is 9.11 Å². The molecule has 0 saturated heterocycles. The normalized spacial score (nSPS) is 12.2. The molecular weight excluding hydrogens is 196 g/mol. The average Bonchev–Trinajstić information content (AvgIpc) is 1.57. The Bertz CT molecular complexity index is 252. The molecule has 0 aromatic heterocycles. The molecule has 0 aliphatic heterocycles. The molecule has 0 fully saturated rings. The molecule has 2 N–H and O–H groups in total. The third-order valence-corrected chi connectivity index (χ3v) is 2.30. The fraction of sp³-hybridized carbons (Fsp3) is 1.00. The van der Waals surface area contributed by atoms with Crippen LogP contribution >= 0.6 is 0 Å². The lowest BCUT2D eigenvalue weighted by molar-refractivity contribution is 0.472. The Morgan fingerprint density at radius 2 is 1.00 bits per heavy atom. The maximum Gasteiger partial charge on any atom is 0.265 e. The summed E-state index contributed by atoms with van der Waals surface area (Å²) in [6.07, 6.45) is 0. The Balaban J connectivity index is 0.